The molecule has 0 bridgehead atoms. The number of benzene rings is 2. The minimum Gasteiger partial charge on any atom is -0.497 e. The number of rotatable bonds is 4. The number of aryl methyl sites for hydroxylation is 2. The molecule has 0 aliphatic carbocycles. The fraction of sp³-hybridized carbons (Fsp3) is 0.318. The highest BCUT2D eigenvalue weighted by molar-refractivity contribution is 6.07. The third-order valence-corrected chi connectivity index (χ3v) is 5.01. The maximum absolute atomic E-state index is 13.0. The number of piperazine rings is 1. The molecule has 7 heteroatoms. The highest BCUT2D eigenvalue weighted by Gasteiger charge is 2.22. The molecule has 0 spiro atoms. The average Bonchev–Trinajstić information content (AvgIpc) is 2.74. The number of carbonyl (C=O) groups is 2. The topological polar surface area (TPSA) is 74.2 Å². The van der Waals surface area contributed by atoms with Crippen molar-refractivity contribution in [3.05, 3.63) is 59.2 Å². The molecule has 0 atom stereocenters. The van der Waals surface area contributed by atoms with Crippen molar-refractivity contribution in [3.63, 3.8) is 0 Å². The highest BCUT2D eigenvalue weighted by Crippen LogP contribution is 2.19. The van der Waals surface area contributed by atoms with Gasteiger partial charge in [-0.3, -0.25) is 14.9 Å². The van der Waals surface area contributed by atoms with Crippen molar-refractivity contribution >= 4 is 24.0 Å². The molecule has 152 valence electrons. The largest absolute Gasteiger partial charge is 0.497 e. The second-order valence-corrected chi connectivity index (χ2v) is 6.99. The molecule has 0 saturated carbocycles. The van der Waals surface area contributed by atoms with Crippen LogP contribution in [-0.4, -0.2) is 61.4 Å². The van der Waals surface area contributed by atoms with Crippen LogP contribution in [0.2, 0.25) is 0 Å². The Morgan fingerprint density at radius 3 is 2.41 bits per heavy atom. The summed E-state index contributed by atoms with van der Waals surface area (Å²) in [5, 5.41) is 2.98. The molecule has 3 rings (SSSR count). The van der Waals surface area contributed by atoms with Crippen molar-refractivity contribution in [2.75, 3.05) is 33.3 Å². The standard InChI is InChI=1S/C22H26N4O3/c1-16-6-4-5-7-20(16)23-22(26-12-10-25(15-27)11-13-26)24-21(28)19-9-8-18(29-3)14-17(19)2/h4-9,14-15H,10-13H2,1-3H3,(H,23,24,28). The van der Waals surface area contributed by atoms with Crippen molar-refractivity contribution < 1.29 is 14.3 Å². The Kier molecular flexibility index (Phi) is 6.49. The Balaban J connectivity index is 1.88. The maximum Gasteiger partial charge on any atom is 0.258 e. The molecule has 2 aromatic rings. The van der Waals surface area contributed by atoms with Gasteiger partial charge >= 0.3 is 0 Å². The fourth-order valence-corrected chi connectivity index (χ4v) is 3.21. The Morgan fingerprint density at radius 1 is 1.07 bits per heavy atom. The van der Waals surface area contributed by atoms with Gasteiger partial charge in [0.15, 0.2) is 0 Å². The van der Waals surface area contributed by atoms with Crippen LogP contribution in [0.3, 0.4) is 0 Å². The first-order valence-electron chi connectivity index (χ1n) is 9.56. The molecule has 1 N–H and O–H groups in total. The average molecular weight is 394 g/mol. The summed E-state index contributed by atoms with van der Waals surface area (Å²) in [6.45, 7) is 6.24. The van der Waals surface area contributed by atoms with E-state index in [1.54, 1.807) is 24.1 Å². The predicted octanol–water partition coefficient (Wildman–Crippen LogP) is 2.50. The summed E-state index contributed by atoms with van der Waals surface area (Å²) in [4.78, 5) is 32.5. The summed E-state index contributed by atoms with van der Waals surface area (Å²) in [5.74, 6) is 0.971. The maximum atomic E-state index is 13.0. The molecular formula is C22H26N4O3. The number of para-hydroxylation sites is 1. The molecule has 0 unspecified atom stereocenters. The fourth-order valence-electron chi connectivity index (χ4n) is 3.21. The number of aliphatic imine (C=N–C) groups is 1. The third kappa shape index (κ3) is 4.93. The Hall–Kier alpha value is -3.35. The van der Waals surface area contributed by atoms with Gasteiger partial charge in [0.1, 0.15) is 5.75 Å². The molecule has 7 nitrogen and oxygen atoms in total. The summed E-state index contributed by atoms with van der Waals surface area (Å²) in [6, 6.07) is 13.1. The summed E-state index contributed by atoms with van der Waals surface area (Å²) in [5.41, 5.74) is 3.20. The van der Waals surface area contributed by atoms with Gasteiger partial charge in [-0.05, 0) is 49.2 Å². The molecule has 0 aromatic heterocycles. The zero-order valence-corrected chi connectivity index (χ0v) is 17.0. The van der Waals surface area contributed by atoms with Gasteiger partial charge in [0.25, 0.3) is 5.91 Å². The van der Waals surface area contributed by atoms with E-state index >= 15 is 0 Å². The normalized spacial score (nSPS) is 14.5. The van der Waals surface area contributed by atoms with Crippen molar-refractivity contribution in [3.8, 4) is 5.75 Å². The predicted molar refractivity (Wildman–Crippen MR) is 113 cm³/mol. The van der Waals surface area contributed by atoms with E-state index < -0.39 is 0 Å². The lowest BCUT2D eigenvalue weighted by atomic mass is 10.1. The monoisotopic (exact) mass is 394 g/mol. The number of hydrogen-bond acceptors (Lipinski definition) is 4. The van der Waals surface area contributed by atoms with Gasteiger partial charge in [0.05, 0.1) is 12.8 Å². The van der Waals surface area contributed by atoms with Gasteiger partial charge in [0, 0.05) is 31.7 Å². The van der Waals surface area contributed by atoms with Crippen LogP contribution in [0.25, 0.3) is 0 Å². The molecule has 1 fully saturated rings. The molecule has 1 saturated heterocycles. The van der Waals surface area contributed by atoms with Crippen molar-refractivity contribution in [2.24, 2.45) is 4.99 Å². The number of guanidine groups is 1. The molecule has 0 radical (unpaired) electrons. The Bertz CT molecular complexity index is 918. The number of nitrogens with zero attached hydrogens (tertiary/aromatic N) is 3. The van der Waals surface area contributed by atoms with E-state index in [4.69, 9.17) is 9.73 Å². The smallest absolute Gasteiger partial charge is 0.258 e. The van der Waals surface area contributed by atoms with E-state index in [9.17, 15) is 9.59 Å². The van der Waals surface area contributed by atoms with Crippen LogP contribution in [0.5, 0.6) is 5.75 Å². The van der Waals surface area contributed by atoms with Gasteiger partial charge in [0.2, 0.25) is 12.4 Å². The highest BCUT2D eigenvalue weighted by atomic mass is 16.5. The molecule has 1 heterocycles. The minimum absolute atomic E-state index is 0.227. The van der Waals surface area contributed by atoms with Crippen LogP contribution in [0.1, 0.15) is 21.5 Å². The zero-order chi connectivity index (χ0) is 20.8. The van der Waals surface area contributed by atoms with Crippen LogP contribution in [0.4, 0.5) is 5.69 Å². The first kappa shape index (κ1) is 20.4. The van der Waals surface area contributed by atoms with Gasteiger partial charge in [-0.25, -0.2) is 4.99 Å². The quantitative estimate of drug-likeness (QED) is 0.491. The number of ether oxygens (including phenoxy) is 1. The van der Waals surface area contributed by atoms with E-state index in [0.29, 0.717) is 43.5 Å². The van der Waals surface area contributed by atoms with E-state index in [1.165, 1.54) is 0 Å². The van der Waals surface area contributed by atoms with Crippen molar-refractivity contribution in [1.82, 2.24) is 15.1 Å². The molecular weight excluding hydrogens is 368 g/mol. The molecule has 1 aliphatic heterocycles. The van der Waals surface area contributed by atoms with E-state index in [0.717, 1.165) is 23.2 Å². The van der Waals surface area contributed by atoms with Crippen molar-refractivity contribution in [2.45, 2.75) is 13.8 Å². The van der Waals surface area contributed by atoms with Crippen LogP contribution in [0, 0.1) is 13.8 Å². The van der Waals surface area contributed by atoms with Gasteiger partial charge < -0.3 is 14.5 Å². The second-order valence-electron chi connectivity index (χ2n) is 6.99. The summed E-state index contributed by atoms with van der Waals surface area (Å²) in [6.07, 6.45) is 0.856. The first-order valence-corrected chi connectivity index (χ1v) is 9.56. The summed E-state index contributed by atoms with van der Waals surface area (Å²) in [7, 11) is 1.60. The first-order chi connectivity index (χ1) is 14.0. The van der Waals surface area contributed by atoms with E-state index in [1.807, 2.05) is 49.1 Å². The molecule has 2 aromatic carbocycles. The molecule has 1 aliphatic rings. The Labute approximate surface area is 171 Å². The zero-order valence-electron chi connectivity index (χ0n) is 17.0. The van der Waals surface area contributed by atoms with Gasteiger partial charge in [-0.1, -0.05) is 18.2 Å². The van der Waals surface area contributed by atoms with Crippen LogP contribution < -0.4 is 10.1 Å². The molecule has 2 amide bonds. The minimum atomic E-state index is -0.227. The SMILES string of the molecule is COc1ccc(C(=O)NC(=Nc2ccccc2C)N2CCN(C=O)CC2)c(C)c1. The van der Waals surface area contributed by atoms with Gasteiger partial charge in [-0.2, -0.15) is 0 Å². The number of hydrogen-bond donors (Lipinski definition) is 1. The second kappa shape index (κ2) is 9.23. The summed E-state index contributed by atoms with van der Waals surface area (Å²) < 4.78 is 5.22. The van der Waals surface area contributed by atoms with Crippen LogP contribution >= 0.6 is 0 Å². The van der Waals surface area contributed by atoms with Crippen LogP contribution in [-0.2, 0) is 4.79 Å². The lowest BCUT2D eigenvalue weighted by Gasteiger charge is -2.34. The number of carbonyl (C=O) groups excluding carboxylic acids is 2. The lowest BCUT2D eigenvalue weighted by molar-refractivity contribution is -0.119. The number of amides is 2. The van der Waals surface area contributed by atoms with E-state index in [-0.39, 0.29) is 5.91 Å². The number of methoxy groups -OCH3 is 1. The van der Waals surface area contributed by atoms with Crippen LogP contribution in [0.15, 0.2) is 47.5 Å². The van der Waals surface area contributed by atoms with E-state index in [2.05, 4.69) is 5.32 Å². The van der Waals surface area contributed by atoms with Gasteiger partial charge in [-0.15, -0.1) is 0 Å². The molecule has 29 heavy (non-hydrogen) atoms. The van der Waals surface area contributed by atoms with Crippen molar-refractivity contribution in [1.29, 1.82) is 0 Å². The lowest BCUT2D eigenvalue weighted by Crippen LogP contribution is -2.53. The number of nitrogens with one attached hydrogen (secondary N) is 1. The Morgan fingerprint density at radius 2 is 1.79 bits per heavy atom. The summed E-state index contributed by atoms with van der Waals surface area (Å²) >= 11 is 0. The third-order valence-electron chi connectivity index (χ3n) is 5.01.